The Kier molecular flexibility index (Phi) is 7.11. The lowest BCUT2D eigenvalue weighted by atomic mass is 10.0. The summed E-state index contributed by atoms with van der Waals surface area (Å²) in [6, 6.07) is 21.5. The third-order valence-corrected chi connectivity index (χ3v) is 4.77. The second-order valence-electron chi connectivity index (χ2n) is 7.07. The number of aromatic nitrogens is 1. The lowest BCUT2D eigenvalue weighted by Crippen LogP contribution is -2.45. The monoisotopic (exact) mass is 400 g/mol. The number of benzene rings is 2. The summed E-state index contributed by atoms with van der Waals surface area (Å²) in [7, 11) is 0. The van der Waals surface area contributed by atoms with Crippen LogP contribution in [0.5, 0.6) is 0 Å². The molecule has 0 aliphatic carbocycles. The number of nitrogens with zero attached hydrogens (tertiary/aromatic N) is 2. The topological polar surface area (TPSA) is 70.5 Å². The number of hydrogen-bond donors (Lipinski definition) is 1. The van der Waals surface area contributed by atoms with E-state index in [1.54, 1.807) is 24.4 Å². The minimum Gasteiger partial charge on any atom is -0.480 e. The summed E-state index contributed by atoms with van der Waals surface area (Å²) in [5.74, 6) is -1.42. The van der Waals surface area contributed by atoms with Crippen molar-refractivity contribution in [3.8, 4) is 0 Å². The molecule has 0 saturated heterocycles. The van der Waals surface area contributed by atoms with Gasteiger partial charge in [-0.15, -0.1) is 0 Å². The van der Waals surface area contributed by atoms with Crippen LogP contribution in [-0.4, -0.2) is 32.9 Å². The molecule has 152 valence electrons. The van der Waals surface area contributed by atoms with Crippen LogP contribution in [0.15, 0.2) is 85.1 Å². The van der Waals surface area contributed by atoms with Crippen molar-refractivity contribution in [2.24, 2.45) is 0 Å². The van der Waals surface area contributed by atoms with E-state index in [0.717, 1.165) is 16.7 Å². The number of carbonyl (C=O) groups excluding carboxylic acids is 1. The van der Waals surface area contributed by atoms with Crippen molar-refractivity contribution in [3.05, 3.63) is 107 Å². The zero-order chi connectivity index (χ0) is 21.3. The fourth-order valence-corrected chi connectivity index (χ4v) is 3.12. The average Bonchev–Trinajstić information content (AvgIpc) is 2.77. The Morgan fingerprint density at radius 1 is 1.00 bits per heavy atom. The van der Waals surface area contributed by atoms with E-state index in [1.165, 1.54) is 11.0 Å². The van der Waals surface area contributed by atoms with Crippen LogP contribution in [0.25, 0.3) is 6.08 Å². The van der Waals surface area contributed by atoms with Crippen molar-refractivity contribution in [2.45, 2.75) is 25.9 Å². The molecule has 0 aliphatic heterocycles. The number of hydrogen-bond acceptors (Lipinski definition) is 3. The molecule has 3 rings (SSSR count). The van der Waals surface area contributed by atoms with Crippen molar-refractivity contribution in [2.75, 3.05) is 0 Å². The highest BCUT2D eigenvalue weighted by atomic mass is 16.4. The van der Waals surface area contributed by atoms with Crippen molar-refractivity contribution in [3.63, 3.8) is 0 Å². The normalized spacial score (nSPS) is 11.9. The molecule has 1 N–H and O–H groups in total. The quantitative estimate of drug-likeness (QED) is 0.577. The molecule has 1 heterocycles. The van der Waals surface area contributed by atoms with Gasteiger partial charge in [0.25, 0.3) is 0 Å². The lowest BCUT2D eigenvalue weighted by Gasteiger charge is -2.28. The second-order valence-corrected chi connectivity index (χ2v) is 7.07. The van der Waals surface area contributed by atoms with Gasteiger partial charge in [-0.3, -0.25) is 9.78 Å². The minimum absolute atomic E-state index is 0.113. The first-order valence-electron chi connectivity index (χ1n) is 9.75. The predicted octanol–water partition coefficient (Wildman–Crippen LogP) is 4.13. The molecule has 30 heavy (non-hydrogen) atoms. The van der Waals surface area contributed by atoms with Gasteiger partial charge in [-0.2, -0.15) is 0 Å². The van der Waals surface area contributed by atoms with Crippen molar-refractivity contribution in [1.82, 2.24) is 9.88 Å². The number of carbonyl (C=O) groups is 2. The first-order chi connectivity index (χ1) is 14.5. The molecule has 0 saturated carbocycles. The molecular weight excluding hydrogens is 376 g/mol. The molecular formula is C25H24N2O3. The molecule has 0 bridgehead atoms. The van der Waals surface area contributed by atoms with Gasteiger partial charge in [0.1, 0.15) is 6.04 Å². The lowest BCUT2D eigenvalue weighted by molar-refractivity contribution is -0.149. The van der Waals surface area contributed by atoms with Gasteiger partial charge in [0.05, 0.1) is 12.2 Å². The molecule has 3 aromatic rings. The SMILES string of the molecule is Cc1ccc(/C=C/C(=O)N(Cc2ccccn2)[C@@H](Cc2ccccc2)C(=O)O)cc1. The predicted molar refractivity (Wildman–Crippen MR) is 117 cm³/mol. The maximum atomic E-state index is 13.1. The standard InChI is InChI=1S/C25H24N2O3/c1-19-10-12-20(13-11-19)14-15-24(28)27(18-22-9-5-6-16-26-22)23(25(29)30)17-21-7-3-2-4-8-21/h2-16,23H,17-18H2,1H3,(H,29,30)/b15-14+/t23-/m0/s1. The zero-order valence-corrected chi connectivity index (χ0v) is 16.8. The number of aryl methyl sites for hydroxylation is 1. The van der Waals surface area contributed by atoms with E-state index in [4.69, 9.17) is 0 Å². The Balaban J connectivity index is 1.88. The van der Waals surface area contributed by atoms with Gasteiger partial charge in [0.2, 0.25) is 5.91 Å². The van der Waals surface area contributed by atoms with Gasteiger partial charge in [0, 0.05) is 18.7 Å². The van der Waals surface area contributed by atoms with Crippen molar-refractivity contribution < 1.29 is 14.7 Å². The third-order valence-electron chi connectivity index (χ3n) is 4.77. The summed E-state index contributed by atoms with van der Waals surface area (Å²) >= 11 is 0. The van der Waals surface area contributed by atoms with Crippen molar-refractivity contribution in [1.29, 1.82) is 0 Å². The van der Waals surface area contributed by atoms with E-state index in [9.17, 15) is 14.7 Å². The molecule has 5 nitrogen and oxygen atoms in total. The van der Waals surface area contributed by atoms with Crippen LogP contribution in [0.1, 0.15) is 22.4 Å². The van der Waals surface area contributed by atoms with Gasteiger partial charge in [-0.25, -0.2) is 4.79 Å². The number of aliphatic carboxylic acids is 1. The van der Waals surface area contributed by atoms with E-state index < -0.39 is 12.0 Å². The van der Waals surface area contributed by atoms with Crippen LogP contribution in [0, 0.1) is 6.92 Å². The molecule has 1 amide bonds. The number of amides is 1. The van der Waals surface area contributed by atoms with Gasteiger partial charge >= 0.3 is 5.97 Å². The second kappa shape index (κ2) is 10.2. The van der Waals surface area contributed by atoms with Gasteiger partial charge in [-0.1, -0.05) is 66.2 Å². The highest BCUT2D eigenvalue weighted by Gasteiger charge is 2.29. The molecule has 1 aromatic heterocycles. The Morgan fingerprint density at radius 3 is 2.33 bits per heavy atom. The first kappa shape index (κ1) is 21.0. The van der Waals surface area contributed by atoms with E-state index in [0.29, 0.717) is 5.69 Å². The molecule has 0 unspecified atom stereocenters. The highest BCUT2D eigenvalue weighted by Crippen LogP contribution is 2.15. The number of carboxylic acid groups (broad SMARTS) is 1. The van der Waals surface area contributed by atoms with E-state index in [2.05, 4.69) is 4.98 Å². The minimum atomic E-state index is -1.05. The van der Waals surface area contributed by atoms with Crippen LogP contribution in [0.4, 0.5) is 0 Å². The van der Waals surface area contributed by atoms with Crippen LogP contribution in [0.3, 0.4) is 0 Å². The summed E-state index contributed by atoms with van der Waals surface area (Å²) in [5.41, 5.74) is 3.49. The maximum Gasteiger partial charge on any atom is 0.326 e. The number of pyridine rings is 1. The maximum absolute atomic E-state index is 13.1. The van der Waals surface area contributed by atoms with E-state index >= 15 is 0 Å². The van der Waals surface area contributed by atoms with Crippen LogP contribution in [0.2, 0.25) is 0 Å². The van der Waals surface area contributed by atoms with E-state index in [1.807, 2.05) is 67.6 Å². The first-order valence-corrected chi connectivity index (χ1v) is 9.75. The van der Waals surface area contributed by atoms with Crippen LogP contribution < -0.4 is 0 Å². The Labute approximate surface area is 176 Å². The largest absolute Gasteiger partial charge is 0.480 e. The molecule has 1 atom stereocenters. The van der Waals surface area contributed by atoms with Crippen LogP contribution in [-0.2, 0) is 22.6 Å². The van der Waals surface area contributed by atoms with Gasteiger partial charge < -0.3 is 10.0 Å². The van der Waals surface area contributed by atoms with Gasteiger partial charge in [-0.05, 0) is 36.3 Å². The molecule has 2 aromatic carbocycles. The van der Waals surface area contributed by atoms with Crippen molar-refractivity contribution >= 4 is 18.0 Å². The summed E-state index contributed by atoms with van der Waals surface area (Å²) in [5, 5.41) is 9.91. The summed E-state index contributed by atoms with van der Waals surface area (Å²) in [4.78, 5) is 30.8. The average molecular weight is 400 g/mol. The Hall–Kier alpha value is -3.73. The fraction of sp³-hybridized carbons (Fsp3) is 0.160. The third kappa shape index (κ3) is 5.88. The number of carboxylic acids is 1. The smallest absolute Gasteiger partial charge is 0.326 e. The molecule has 5 heteroatoms. The van der Waals surface area contributed by atoms with E-state index in [-0.39, 0.29) is 18.9 Å². The highest BCUT2D eigenvalue weighted by molar-refractivity contribution is 5.94. The zero-order valence-electron chi connectivity index (χ0n) is 16.8. The number of rotatable bonds is 8. The Bertz CT molecular complexity index is 1000. The summed E-state index contributed by atoms with van der Waals surface area (Å²) in [6.45, 7) is 2.11. The molecule has 0 fully saturated rings. The molecule has 0 aliphatic rings. The Morgan fingerprint density at radius 2 is 1.70 bits per heavy atom. The summed E-state index contributed by atoms with van der Waals surface area (Å²) < 4.78 is 0. The summed E-state index contributed by atoms with van der Waals surface area (Å²) in [6.07, 6.45) is 4.98. The molecule has 0 spiro atoms. The van der Waals surface area contributed by atoms with Gasteiger partial charge in [0.15, 0.2) is 0 Å². The fourth-order valence-electron chi connectivity index (χ4n) is 3.12. The van der Waals surface area contributed by atoms with Crippen LogP contribution >= 0.6 is 0 Å². The molecule has 0 radical (unpaired) electrons.